The third-order valence-corrected chi connectivity index (χ3v) is 5.50. The van der Waals surface area contributed by atoms with Crippen molar-refractivity contribution in [3.8, 4) is 0 Å². The van der Waals surface area contributed by atoms with E-state index in [0.717, 1.165) is 5.56 Å². The summed E-state index contributed by atoms with van der Waals surface area (Å²) in [4.78, 5) is 0.0369. The van der Waals surface area contributed by atoms with Crippen LogP contribution < -0.4 is 5.73 Å². The Morgan fingerprint density at radius 1 is 1.10 bits per heavy atom. The van der Waals surface area contributed by atoms with E-state index in [1.807, 2.05) is 0 Å². The Bertz CT molecular complexity index is 746. The molecular weight excluding hydrogens is 331 g/mol. The Balaban J connectivity index is 2.28. The Kier molecular flexibility index (Phi) is 4.78. The molecule has 0 saturated carbocycles. The van der Waals surface area contributed by atoms with Crippen LogP contribution in [0.2, 0.25) is 10.0 Å². The fraction of sp³-hybridized carbons (Fsp3) is 0.143. The van der Waals surface area contributed by atoms with E-state index in [9.17, 15) is 8.42 Å². The molecule has 2 aromatic carbocycles. The maximum atomic E-state index is 12.5. The lowest BCUT2D eigenvalue weighted by Gasteiger charge is -2.18. The van der Waals surface area contributed by atoms with Crippen molar-refractivity contribution in [2.75, 3.05) is 12.8 Å². The molecule has 0 aliphatic rings. The number of benzene rings is 2. The molecule has 0 bridgehead atoms. The summed E-state index contributed by atoms with van der Waals surface area (Å²) < 4.78 is 26.3. The van der Waals surface area contributed by atoms with E-state index in [1.165, 1.54) is 29.6 Å². The van der Waals surface area contributed by atoms with Gasteiger partial charge in [0.25, 0.3) is 0 Å². The molecule has 2 aromatic rings. The van der Waals surface area contributed by atoms with Gasteiger partial charge in [0.1, 0.15) is 4.90 Å². The van der Waals surface area contributed by atoms with Crippen LogP contribution in [0.3, 0.4) is 0 Å². The smallest absolute Gasteiger partial charge is 0.244 e. The number of sulfonamides is 1. The first-order valence-electron chi connectivity index (χ1n) is 6.06. The summed E-state index contributed by atoms with van der Waals surface area (Å²) in [6.45, 7) is 0.222. The quantitative estimate of drug-likeness (QED) is 0.864. The van der Waals surface area contributed by atoms with E-state index in [2.05, 4.69) is 0 Å². The number of hydrogen-bond donors (Lipinski definition) is 1. The van der Waals surface area contributed by atoms with Crippen LogP contribution in [0.25, 0.3) is 0 Å². The molecule has 0 radical (unpaired) electrons. The zero-order chi connectivity index (χ0) is 15.6. The minimum absolute atomic E-state index is 0.0369. The minimum atomic E-state index is -3.68. The molecule has 0 amide bonds. The molecule has 0 heterocycles. The third-order valence-electron chi connectivity index (χ3n) is 2.96. The molecule has 2 N–H and O–H groups in total. The average molecular weight is 345 g/mol. The summed E-state index contributed by atoms with van der Waals surface area (Å²) in [5.41, 5.74) is 6.83. The predicted octanol–water partition coefficient (Wildman–Crippen LogP) is 3.40. The molecule has 21 heavy (non-hydrogen) atoms. The van der Waals surface area contributed by atoms with Gasteiger partial charge in [0, 0.05) is 24.3 Å². The van der Waals surface area contributed by atoms with E-state index in [-0.39, 0.29) is 16.5 Å². The monoisotopic (exact) mass is 344 g/mol. The fourth-order valence-corrected chi connectivity index (χ4v) is 3.63. The van der Waals surface area contributed by atoms with Gasteiger partial charge in [0.15, 0.2) is 0 Å². The first-order valence-corrected chi connectivity index (χ1v) is 8.26. The zero-order valence-electron chi connectivity index (χ0n) is 11.3. The normalized spacial score (nSPS) is 11.8. The van der Waals surface area contributed by atoms with Crippen LogP contribution in [-0.2, 0) is 16.6 Å². The summed E-state index contributed by atoms with van der Waals surface area (Å²) in [6.07, 6.45) is 0. The van der Waals surface area contributed by atoms with Crippen LogP contribution in [0.1, 0.15) is 5.56 Å². The Morgan fingerprint density at radius 2 is 1.71 bits per heavy atom. The topological polar surface area (TPSA) is 63.4 Å². The second-order valence-electron chi connectivity index (χ2n) is 4.58. The molecule has 4 nitrogen and oxygen atoms in total. The first kappa shape index (κ1) is 16.1. The van der Waals surface area contributed by atoms with Crippen molar-refractivity contribution in [3.05, 3.63) is 58.1 Å². The molecule has 0 saturated heterocycles. The van der Waals surface area contributed by atoms with E-state index in [0.29, 0.717) is 10.7 Å². The van der Waals surface area contributed by atoms with Gasteiger partial charge in [-0.2, -0.15) is 4.31 Å². The van der Waals surface area contributed by atoms with E-state index in [4.69, 9.17) is 28.9 Å². The van der Waals surface area contributed by atoms with Crippen LogP contribution in [0, 0.1) is 0 Å². The highest BCUT2D eigenvalue weighted by Gasteiger charge is 2.23. The lowest BCUT2D eigenvalue weighted by molar-refractivity contribution is 0.467. The van der Waals surface area contributed by atoms with Gasteiger partial charge >= 0.3 is 0 Å². The van der Waals surface area contributed by atoms with Crippen LogP contribution in [0.4, 0.5) is 5.69 Å². The van der Waals surface area contributed by atoms with Crippen LogP contribution in [0.5, 0.6) is 0 Å². The lowest BCUT2D eigenvalue weighted by atomic mass is 10.2. The Morgan fingerprint density at radius 3 is 2.29 bits per heavy atom. The van der Waals surface area contributed by atoms with Crippen LogP contribution in [-0.4, -0.2) is 19.8 Å². The van der Waals surface area contributed by atoms with Gasteiger partial charge in [-0.15, -0.1) is 0 Å². The number of rotatable bonds is 4. The second-order valence-corrected chi connectivity index (χ2v) is 7.43. The summed E-state index contributed by atoms with van der Waals surface area (Å²) in [5, 5.41) is 0.712. The van der Waals surface area contributed by atoms with Crippen LogP contribution >= 0.6 is 23.2 Å². The van der Waals surface area contributed by atoms with Gasteiger partial charge in [-0.25, -0.2) is 8.42 Å². The van der Waals surface area contributed by atoms with Crippen molar-refractivity contribution < 1.29 is 8.42 Å². The minimum Gasteiger partial charge on any atom is -0.399 e. The molecule has 7 heteroatoms. The summed E-state index contributed by atoms with van der Waals surface area (Å²) in [5.74, 6) is 0. The van der Waals surface area contributed by atoms with E-state index < -0.39 is 10.0 Å². The lowest BCUT2D eigenvalue weighted by Crippen LogP contribution is -2.26. The number of nitrogen functional groups attached to an aromatic ring is 1. The fourth-order valence-electron chi connectivity index (χ4n) is 1.83. The number of nitrogens with zero attached hydrogens (tertiary/aromatic N) is 1. The zero-order valence-corrected chi connectivity index (χ0v) is 13.6. The number of halogens is 2. The molecule has 0 aliphatic carbocycles. The molecule has 0 atom stereocenters. The van der Waals surface area contributed by atoms with Crippen molar-refractivity contribution in [3.63, 3.8) is 0 Å². The van der Waals surface area contributed by atoms with Gasteiger partial charge in [-0.05, 0) is 35.9 Å². The van der Waals surface area contributed by atoms with Gasteiger partial charge in [-0.3, -0.25) is 0 Å². The van der Waals surface area contributed by atoms with Gasteiger partial charge in [0.2, 0.25) is 10.0 Å². The molecule has 0 aromatic heterocycles. The maximum Gasteiger partial charge on any atom is 0.244 e. The number of nitrogens with two attached hydrogens (primary N) is 1. The van der Waals surface area contributed by atoms with Crippen molar-refractivity contribution in [2.45, 2.75) is 11.4 Å². The van der Waals surface area contributed by atoms with Crippen molar-refractivity contribution in [1.82, 2.24) is 4.31 Å². The number of anilines is 1. The molecule has 0 unspecified atom stereocenters. The standard InChI is InChI=1S/C14H14Cl2N2O2S/c1-18(9-10-2-4-11(15)5-3-10)21(19,20)14-7-6-12(17)8-13(14)16/h2-8H,9,17H2,1H3. The Labute approximate surface area is 134 Å². The molecular formula is C14H14Cl2N2O2S. The molecule has 0 aliphatic heterocycles. The molecule has 112 valence electrons. The SMILES string of the molecule is CN(Cc1ccc(Cl)cc1)S(=O)(=O)c1ccc(N)cc1Cl. The van der Waals surface area contributed by atoms with Crippen molar-refractivity contribution >= 4 is 38.9 Å². The second kappa shape index (κ2) is 6.23. The largest absolute Gasteiger partial charge is 0.399 e. The van der Waals surface area contributed by atoms with Crippen molar-refractivity contribution in [1.29, 1.82) is 0 Å². The highest BCUT2D eigenvalue weighted by Crippen LogP contribution is 2.26. The summed E-state index contributed by atoms with van der Waals surface area (Å²) in [6, 6.07) is 11.3. The van der Waals surface area contributed by atoms with Gasteiger partial charge < -0.3 is 5.73 Å². The Hall–Kier alpha value is -1.27. The van der Waals surface area contributed by atoms with Gasteiger partial charge in [0.05, 0.1) is 5.02 Å². The molecule has 0 spiro atoms. The third kappa shape index (κ3) is 3.68. The van der Waals surface area contributed by atoms with E-state index >= 15 is 0 Å². The van der Waals surface area contributed by atoms with E-state index in [1.54, 1.807) is 24.3 Å². The summed E-state index contributed by atoms with van der Waals surface area (Å²) >= 11 is 11.8. The highest BCUT2D eigenvalue weighted by molar-refractivity contribution is 7.89. The van der Waals surface area contributed by atoms with Gasteiger partial charge in [-0.1, -0.05) is 35.3 Å². The predicted molar refractivity (Wildman–Crippen MR) is 86.0 cm³/mol. The maximum absolute atomic E-state index is 12.5. The molecule has 2 rings (SSSR count). The highest BCUT2D eigenvalue weighted by atomic mass is 35.5. The van der Waals surface area contributed by atoms with Crippen molar-refractivity contribution in [2.24, 2.45) is 0 Å². The van der Waals surface area contributed by atoms with Crippen LogP contribution in [0.15, 0.2) is 47.4 Å². The molecule has 0 fully saturated rings. The first-order chi connectivity index (χ1) is 9.80. The summed E-state index contributed by atoms with van der Waals surface area (Å²) in [7, 11) is -2.19. The average Bonchev–Trinajstić information content (AvgIpc) is 2.40. The number of hydrogen-bond acceptors (Lipinski definition) is 3.